The summed E-state index contributed by atoms with van der Waals surface area (Å²) in [6.45, 7) is 0. The van der Waals surface area contributed by atoms with Gasteiger partial charge in [-0.05, 0) is 36.4 Å². The summed E-state index contributed by atoms with van der Waals surface area (Å²) in [6.07, 6.45) is 0. The lowest BCUT2D eigenvalue weighted by Gasteiger charge is -2.04. The predicted octanol–water partition coefficient (Wildman–Crippen LogP) is 2.71. The van der Waals surface area contributed by atoms with Gasteiger partial charge in [0, 0.05) is 24.4 Å². The minimum absolute atomic E-state index is 0.142. The topological polar surface area (TPSA) is 102 Å². The summed E-state index contributed by atoms with van der Waals surface area (Å²) in [5, 5.41) is 9.54. The van der Waals surface area contributed by atoms with Crippen molar-refractivity contribution >= 4 is 29.3 Å². The molecule has 3 aromatic rings. The van der Waals surface area contributed by atoms with Crippen LogP contribution in [-0.2, 0) is 11.8 Å². The van der Waals surface area contributed by atoms with Crippen molar-refractivity contribution in [2.75, 3.05) is 17.7 Å². The number of methoxy groups -OCH3 is 1. The second kappa shape index (κ2) is 8.17. The van der Waals surface area contributed by atoms with Crippen molar-refractivity contribution in [2.45, 2.75) is 0 Å². The highest BCUT2D eigenvalue weighted by Gasteiger charge is 2.15. The fourth-order valence-electron chi connectivity index (χ4n) is 2.48. The molecule has 0 aliphatic rings. The summed E-state index contributed by atoms with van der Waals surface area (Å²) < 4.78 is 6.05. The van der Waals surface area contributed by atoms with Crippen molar-refractivity contribution < 1.29 is 19.1 Å². The molecule has 0 fully saturated rings. The molecule has 1 aromatic heterocycles. The summed E-state index contributed by atoms with van der Waals surface area (Å²) in [5.41, 5.74) is 1.52. The van der Waals surface area contributed by atoms with E-state index >= 15 is 0 Å². The van der Waals surface area contributed by atoms with E-state index in [0.717, 1.165) is 0 Å². The first kappa shape index (κ1) is 18.8. The van der Waals surface area contributed by atoms with Crippen LogP contribution in [0, 0.1) is 0 Å². The summed E-state index contributed by atoms with van der Waals surface area (Å²) in [5.74, 6) is -0.808. The number of esters is 1. The Labute approximate surface area is 161 Å². The highest BCUT2D eigenvalue weighted by atomic mass is 16.5. The quantitative estimate of drug-likeness (QED) is 0.665. The third kappa shape index (κ3) is 4.24. The zero-order valence-electron chi connectivity index (χ0n) is 15.3. The smallest absolute Gasteiger partial charge is 0.337 e. The molecule has 142 valence electrons. The van der Waals surface area contributed by atoms with Gasteiger partial charge in [-0.15, -0.1) is 0 Å². The molecule has 28 heavy (non-hydrogen) atoms. The van der Waals surface area contributed by atoms with Crippen molar-refractivity contribution in [1.82, 2.24) is 9.78 Å². The molecule has 0 radical (unpaired) electrons. The Morgan fingerprint density at radius 2 is 1.57 bits per heavy atom. The van der Waals surface area contributed by atoms with Crippen LogP contribution in [0.15, 0.2) is 60.7 Å². The minimum atomic E-state index is -0.457. The second-order valence-corrected chi connectivity index (χ2v) is 5.88. The van der Waals surface area contributed by atoms with E-state index < -0.39 is 11.9 Å². The van der Waals surface area contributed by atoms with Crippen molar-refractivity contribution in [3.8, 4) is 0 Å². The van der Waals surface area contributed by atoms with Crippen molar-refractivity contribution in [2.24, 2.45) is 7.05 Å². The number of nitrogens with one attached hydrogen (secondary N) is 2. The van der Waals surface area contributed by atoms with E-state index in [-0.39, 0.29) is 11.6 Å². The Morgan fingerprint density at radius 3 is 2.21 bits per heavy atom. The monoisotopic (exact) mass is 378 g/mol. The van der Waals surface area contributed by atoms with E-state index in [0.29, 0.717) is 22.6 Å². The fraction of sp³-hybridized carbons (Fsp3) is 0.100. The number of amides is 2. The zero-order chi connectivity index (χ0) is 20.1. The number of anilines is 2. The molecule has 0 spiro atoms. The van der Waals surface area contributed by atoms with E-state index in [1.54, 1.807) is 55.6 Å². The number of aromatic nitrogens is 2. The molecule has 3 rings (SSSR count). The van der Waals surface area contributed by atoms with Crippen LogP contribution in [0.4, 0.5) is 11.5 Å². The summed E-state index contributed by atoms with van der Waals surface area (Å²) >= 11 is 0. The summed E-state index contributed by atoms with van der Waals surface area (Å²) in [4.78, 5) is 36.1. The van der Waals surface area contributed by atoms with Gasteiger partial charge in [-0.25, -0.2) is 4.79 Å². The molecule has 8 heteroatoms. The maximum absolute atomic E-state index is 12.4. The molecule has 0 saturated heterocycles. The molecule has 2 aromatic carbocycles. The van der Waals surface area contributed by atoms with Crippen LogP contribution in [-0.4, -0.2) is 34.7 Å². The van der Waals surface area contributed by atoms with Gasteiger partial charge in [0.1, 0.15) is 5.82 Å². The number of hydrogen-bond donors (Lipinski definition) is 2. The lowest BCUT2D eigenvalue weighted by atomic mass is 10.2. The molecular weight excluding hydrogens is 360 g/mol. The van der Waals surface area contributed by atoms with Crippen LogP contribution in [0.5, 0.6) is 0 Å². The van der Waals surface area contributed by atoms with E-state index in [1.165, 1.54) is 17.9 Å². The maximum atomic E-state index is 12.4. The number of carbonyl (C=O) groups excluding carboxylic acids is 3. The molecule has 0 aliphatic carbocycles. The second-order valence-electron chi connectivity index (χ2n) is 5.88. The van der Waals surface area contributed by atoms with Gasteiger partial charge in [0.25, 0.3) is 11.8 Å². The van der Waals surface area contributed by atoms with Gasteiger partial charge < -0.3 is 15.4 Å². The zero-order valence-corrected chi connectivity index (χ0v) is 15.3. The molecule has 0 aliphatic heterocycles. The van der Waals surface area contributed by atoms with E-state index in [4.69, 9.17) is 0 Å². The van der Waals surface area contributed by atoms with Gasteiger partial charge in [0.05, 0.1) is 12.7 Å². The SMILES string of the molecule is COC(=O)c1ccc(NC(=O)c2cc(NC(=O)c3ccccc3)n(C)n2)cc1. The van der Waals surface area contributed by atoms with Crippen LogP contribution >= 0.6 is 0 Å². The molecule has 0 bridgehead atoms. The van der Waals surface area contributed by atoms with E-state index in [9.17, 15) is 14.4 Å². The Hall–Kier alpha value is -3.94. The van der Waals surface area contributed by atoms with E-state index in [1.807, 2.05) is 6.07 Å². The number of aryl methyl sites for hydroxylation is 1. The van der Waals surface area contributed by atoms with Crippen LogP contribution in [0.3, 0.4) is 0 Å². The lowest BCUT2D eigenvalue weighted by molar-refractivity contribution is 0.0600. The number of carbonyl (C=O) groups is 3. The molecule has 2 N–H and O–H groups in total. The van der Waals surface area contributed by atoms with Gasteiger partial charge in [-0.2, -0.15) is 5.10 Å². The first-order valence-electron chi connectivity index (χ1n) is 8.38. The molecule has 8 nitrogen and oxygen atoms in total. The van der Waals surface area contributed by atoms with Crippen LogP contribution in [0.1, 0.15) is 31.2 Å². The highest BCUT2D eigenvalue weighted by molar-refractivity contribution is 6.06. The van der Waals surface area contributed by atoms with Gasteiger partial charge in [-0.3, -0.25) is 14.3 Å². The van der Waals surface area contributed by atoms with Crippen LogP contribution < -0.4 is 10.6 Å². The van der Waals surface area contributed by atoms with Crippen molar-refractivity contribution in [1.29, 1.82) is 0 Å². The average molecular weight is 378 g/mol. The largest absolute Gasteiger partial charge is 0.465 e. The number of ether oxygens (including phenoxy) is 1. The molecule has 0 atom stereocenters. The number of rotatable bonds is 5. The molecule has 1 heterocycles. The van der Waals surface area contributed by atoms with E-state index in [2.05, 4.69) is 20.5 Å². The van der Waals surface area contributed by atoms with Gasteiger partial charge >= 0.3 is 5.97 Å². The first-order valence-corrected chi connectivity index (χ1v) is 8.38. The molecule has 0 saturated carbocycles. The number of nitrogens with zero attached hydrogens (tertiary/aromatic N) is 2. The normalized spacial score (nSPS) is 10.2. The lowest BCUT2D eigenvalue weighted by Crippen LogP contribution is -2.14. The molecular formula is C20H18N4O4. The van der Waals surface area contributed by atoms with Gasteiger partial charge in [0.15, 0.2) is 5.69 Å². The van der Waals surface area contributed by atoms with Gasteiger partial charge in [-0.1, -0.05) is 18.2 Å². The number of hydrogen-bond acceptors (Lipinski definition) is 5. The molecule has 2 amide bonds. The Balaban J connectivity index is 1.69. The minimum Gasteiger partial charge on any atom is -0.465 e. The molecule has 0 unspecified atom stereocenters. The summed E-state index contributed by atoms with van der Waals surface area (Å²) in [7, 11) is 2.93. The average Bonchev–Trinajstić information content (AvgIpc) is 3.09. The number of benzene rings is 2. The standard InChI is InChI=1S/C20H18N4O4/c1-24-17(22-18(25)13-6-4-3-5-7-13)12-16(23-24)19(26)21-15-10-8-14(9-11-15)20(27)28-2/h3-12H,1-2H3,(H,21,26)(H,22,25). The predicted molar refractivity (Wildman–Crippen MR) is 103 cm³/mol. The Morgan fingerprint density at radius 1 is 0.893 bits per heavy atom. The maximum Gasteiger partial charge on any atom is 0.337 e. The fourth-order valence-corrected chi connectivity index (χ4v) is 2.48. The highest BCUT2D eigenvalue weighted by Crippen LogP contribution is 2.15. The van der Waals surface area contributed by atoms with Crippen molar-refractivity contribution in [3.05, 3.63) is 77.5 Å². The first-order chi connectivity index (χ1) is 13.5. The van der Waals surface area contributed by atoms with Crippen LogP contribution in [0.2, 0.25) is 0 Å². The van der Waals surface area contributed by atoms with Gasteiger partial charge in [0.2, 0.25) is 0 Å². The third-order valence-electron chi connectivity index (χ3n) is 3.95. The Bertz CT molecular complexity index is 1010. The van der Waals surface area contributed by atoms with Crippen molar-refractivity contribution in [3.63, 3.8) is 0 Å². The van der Waals surface area contributed by atoms with Crippen LogP contribution in [0.25, 0.3) is 0 Å². The summed E-state index contributed by atoms with van der Waals surface area (Å²) in [6, 6.07) is 16.5. The third-order valence-corrected chi connectivity index (χ3v) is 3.95. The Kier molecular flexibility index (Phi) is 5.50.